The minimum absolute atomic E-state index is 0.0115. The number of anilines is 2. The van der Waals surface area contributed by atoms with E-state index in [1.165, 1.54) is 18.2 Å². The molecule has 0 saturated heterocycles. The number of hydrogen-bond donors (Lipinski definition) is 6. The van der Waals surface area contributed by atoms with Crippen LogP contribution in [0.15, 0.2) is 62.5 Å². The number of azo groups is 1. The van der Waals surface area contributed by atoms with Crippen LogP contribution in [0.4, 0.5) is 22.7 Å². The van der Waals surface area contributed by atoms with Crippen LogP contribution in [0.3, 0.4) is 0 Å². The molecule has 14 nitrogen and oxygen atoms in total. The third-order valence-corrected chi connectivity index (χ3v) is 6.53. The van der Waals surface area contributed by atoms with Crippen molar-refractivity contribution in [3.05, 3.63) is 42.5 Å². The Balaban J connectivity index is 2.29. The van der Waals surface area contributed by atoms with Crippen LogP contribution in [0.25, 0.3) is 10.8 Å². The Morgan fingerprint density at radius 3 is 2.12 bits per heavy atom. The summed E-state index contributed by atoms with van der Waals surface area (Å²) in [6.45, 7) is 0. The molecule has 0 aliphatic rings. The summed E-state index contributed by atoms with van der Waals surface area (Å²) in [5, 5.41) is 20.3. The fraction of sp³-hybridized carbons (Fsp3) is 0.0588. The molecule has 0 saturated carbocycles. The minimum Gasteiger partial charge on any atom is -0.507 e. The topological polar surface area (TPSA) is 246 Å². The largest absolute Gasteiger partial charge is 0.507 e. The SMILES string of the molecule is Nc1ccc(N=Nc2c(NCS(=O)(=O)O)ccc3cc(S(=O)(=O)O)cc(O)c23)c(S(=O)(=O)O)c1. The molecule has 3 aromatic rings. The predicted molar refractivity (Wildman–Crippen MR) is 120 cm³/mol. The zero-order valence-electron chi connectivity index (χ0n) is 16.7. The van der Waals surface area contributed by atoms with Gasteiger partial charge in [0.05, 0.1) is 16.0 Å². The number of fused-ring (bicyclic) bond motifs is 1. The van der Waals surface area contributed by atoms with Gasteiger partial charge in [-0.05, 0) is 35.7 Å². The van der Waals surface area contributed by atoms with Crippen molar-refractivity contribution in [3.63, 3.8) is 0 Å². The molecule has 7 N–H and O–H groups in total. The van der Waals surface area contributed by atoms with Gasteiger partial charge < -0.3 is 16.2 Å². The number of nitrogens with one attached hydrogen (secondary N) is 1. The Bertz CT molecular complexity index is 1650. The Morgan fingerprint density at radius 1 is 0.853 bits per heavy atom. The molecule has 0 heterocycles. The van der Waals surface area contributed by atoms with Gasteiger partial charge in [-0.1, -0.05) is 6.07 Å². The fourth-order valence-corrected chi connectivity index (χ4v) is 4.42. The molecule has 0 fully saturated rings. The van der Waals surface area contributed by atoms with Crippen LogP contribution in [-0.2, 0) is 30.4 Å². The quantitative estimate of drug-likeness (QED) is 0.146. The van der Waals surface area contributed by atoms with Crippen molar-refractivity contribution in [3.8, 4) is 5.75 Å². The van der Waals surface area contributed by atoms with Gasteiger partial charge in [-0.2, -0.15) is 25.3 Å². The van der Waals surface area contributed by atoms with E-state index in [0.29, 0.717) is 6.07 Å². The fourth-order valence-electron chi connectivity index (χ4n) is 2.89. The first kappa shape index (κ1) is 25.3. The lowest BCUT2D eigenvalue weighted by molar-refractivity contribution is 0.471. The van der Waals surface area contributed by atoms with Crippen molar-refractivity contribution in [2.75, 3.05) is 16.9 Å². The Hall–Kier alpha value is -3.35. The van der Waals surface area contributed by atoms with Gasteiger partial charge in [0.15, 0.2) is 0 Å². The number of nitrogen functional groups attached to an aromatic ring is 1. The number of hydrogen-bond acceptors (Lipinski definition) is 11. The molecule has 0 aliphatic carbocycles. The summed E-state index contributed by atoms with van der Waals surface area (Å²) in [5.41, 5.74) is 4.74. The van der Waals surface area contributed by atoms with E-state index in [2.05, 4.69) is 15.5 Å². The zero-order chi connectivity index (χ0) is 25.5. The number of phenols is 1. The van der Waals surface area contributed by atoms with Gasteiger partial charge in [0.1, 0.15) is 27.9 Å². The highest BCUT2D eigenvalue weighted by Gasteiger charge is 2.20. The second kappa shape index (κ2) is 8.78. The highest BCUT2D eigenvalue weighted by Crippen LogP contribution is 2.42. The summed E-state index contributed by atoms with van der Waals surface area (Å²) >= 11 is 0. The van der Waals surface area contributed by atoms with Gasteiger partial charge in [-0.15, -0.1) is 10.2 Å². The second-order valence-electron chi connectivity index (χ2n) is 6.78. The lowest BCUT2D eigenvalue weighted by Gasteiger charge is -2.12. The van der Waals surface area contributed by atoms with Crippen LogP contribution in [0.5, 0.6) is 5.75 Å². The standard InChI is InChI=1S/C17H16N4O10S3/c18-10-2-4-12(15(6-10)34(29,30)31)20-21-17-13(19-8-32(23,24)25)3-1-9-5-11(33(26,27)28)7-14(22)16(9)17/h1-7,19,22H,8,18H2,(H,23,24,25)(H,26,27,28)(H,29,30,31). The predicted octanol–water partition coefficient (Wildman–Crippen LogP) is 2.29. The van der Waals surface area contributed by atoms with Gasteiger partial charge >= 0.3 is 0 Å². The third kappa shape index (κ3) is 5.76. The highest BCUT2D eigenvalue weighted by atomic mass is 32.2. The number of rotatable bonds is 7. The molecule has 34 heavy (non-hydrogen) atoms. The van der Waals surface area contributed by atoms with Crippen molar-refractivity contribution in [1.82, 2.24) is 0 Å². The minimum atomic E-state index is -4.78. The number of aromatic hydroxyl groups is 1. The maximum Gasteiger partial charge on any atom is 0.296 e. The van der Waals surface area contributed by atoms with Crippen LogP contribution >= 0.6 is 0 Å². The van der Waals surface area contributed by atoms with Crippen molar-refractivity contribution < 1.29 is 44.0 Å². The molecule has 0 aliphatic heterocycles. The summed E-state index contributed by atoms with van der Waals surface area (Å²) in [4.78, 5) is -1.34. The van der Waals surface area contributed by atoms with Crippen LogP contribution in [0, 0.1) is 0 Å². The van der Waals surface area contributed by atoms with E-state index in [4.69, 9.17) is 10.3 Å². The lowest BCUT2D eigenvalue weighted by Crippen LogP contribution is -2.13. The first-order valence-electron chi connectivity index (χ1n) is 8.81. The third-order valence-electron chi connectivity index (χ3n) is 4.31. The van der Waals surface area contributed by atoms with Gasteiger partial charge in [0.2, 0.25) is 0 Å². The van der Waals surface area contributed by atoms with E-state index in [-0.39, 0.29) is 33.5 Å². The Labute approximate surface area is 193 Å². The van der Waals surface area contributed by atoms with Gasteiger partial charge in [-0.3, -0.25) is 13.7 Å². The number of benzene rings is 3. The molecule has 0 spiro atoms. The average molecular weight is 533 g/mol. The number of nitrogens with two attached hydrogens (primary N) is 1. The maximum absolute atomic E-state index is 11.7. The normalized spacial score (nSPS) is 12.9. The molecule has 0 amide bonds. The van der Waals surface area contributed by atoms with Gasteiger partial charge in [0, 0.05) is 11.8 Å². The molecule has 3 rings (SSSR count). The first-order valence-corrected chi connectivity index (χ1v) is 13.3. The molecule has 3 aromatic carbocycles. The molecular formula is C17H16N4O10S3. The van der Waals surface area contributed by atoms with E-state index in [0.717, 1.165) is 18.2 Å². The summed E-state index contributed by atoms with van der Waals surface area (Å²) < 4.78 is 96.3. The van der Waals surface area contributed by atoms with Gasteiger partial charge in [-0.25, -0.2) is 0 Å². The van der Waals surface area contributed by atoms with E-state index in [9.17, 15) is 39.5 Å². The number of nitrogens with zero attached hydrogens (tertiary/aromatic N) is 2. The molecule has 0 atom stereocenters. The summed E-state index contributed by atoms with van der Waals surface area (Å²) in [7, 11) is -14.0. The van der Waals surface area contributed by atoms with Crippen molar-refractivity contribution >= 4 is 63.9 Å². The Kier molecular flexibility index (Phi) is 6.53. The molecule has 0 aromatic heterocycles. The average Bonchev–Trinajstić information content (AvgIpc) is 2.69. The number of phenolic OH excluding ortho intramolecular Hbond substituents is 1. The van der Waals surface area contributed by atoms with E-state index in [1.807, 2.05) is 0 Å². The molecular weight excluding hydrogens is 516 g/mol. The van der Waals surface area contributed by atoms with Crippen LogP contribution < -0.4 is 11.1 Å². The van der Waals surface area contributed by atoms with Crippen molar-refractivity contribution in [1.29, 1.82) is 0 Å². The summed E-state index contributed by atoms with van der Waals surface area (Å²) in [5.74, 6) is -1.69. The van der Waals surface area contributed by atoms with Crippen LogP contribution in [0.2, 0.25) is 0 Å². The zero-order valence-corrected chi connectivity index (χ0v) is 19.1. The maximum atomic E-state index is 11.7. The molecule has 182 valence electrons. The van der Waals surface area contributed by atoms with E-state index >= 15 is 0 Å². The van der Waals surface area contributed by atoms with Gasteiger partial charge in [0.25, 0.3) is 30.4 Å². The van der Waals surface area contributed by atoms with Crippen LogP contribution in [-0.4, -0.2) is 49.9 Å². The Morgan fingerprint density at radius 2 is 1.53 bits per heavy atom. The van der Waals surface area contributed by atoms with Crippen molar-refractivity contribution in [2.45, 2.75) is 9.79 Å². The van der Waals surface area contributed by atoms with Crippen LogP contribution in [0.1, 0.15) is 0 Å². The van der Waals surface area contributed by atoms with Crippen molar-refractivity contribution in [2.24, 2.45) is 10.2 Å². The van der Waals surface area contributed by atoms with E-state index in [1.54, 1.807) is 0 Å². The smallest absolute Gasteiger partial charge is 0.296 e. The molecule has 0 bridgehead atoms. The molecule has 0 unspecified atom stereocenters. The first-order chi connectivity index (χ1) is 15.6. The molecule has 0 radical (unpaired) electrons. The van der Waals surface area contributed by atoms with E-state index < -0.39 is 51.8 Å². The lowest BCUT2D eigenvalue weighted by atomic mass is 10.1. The monoisotopic (exact) mass is 532 g/mol. The second-order valence-corrected chi connectivity index (χ2v) is 11.0. The summed E-state index contributed by atoms with van der Waals surface area (Å²) in [6, 6.07) is 7.46. The summed E-state index contributed by atoms with van der Waals surface area (Å²) in [6.07, 6.45) is 0. The molecule has 17 heteroatoms. The highest BCUT2D eigenvalue weighted by molar-refractivity contribution is 7.86.